The molecule has 1 atom stereocenters. The summed E-state index contributed by atoms with van der Waals surface area (Å²) in [5.41, 5.74) is -5.26. The third kappa shape index (κ3) is 3.39. The standard InChI is InChI=1S/C16H21F3N2O2S/c17-16(18,19)24(22,23)15-8-4-3-7-14(15)20-12-9-10-21(11-12)13-5-1-2-6-13/h3-4,7-8,12-13,20H,1-2,5-6,9-11H2. The van der Waals surface area contributed by atoms with E-state index in [-0.39, 0.29) is 11.7 Å². The second kappa shape index (κ2) is 6.55. The zero-order valence-electron chi connectivity index (χ0n) is 13.2. The summed E-state index contributed by atoms with van der Waals surface area (Å²) < 4.78 is 62.1. The summed E-state index contributed by atoms with van der Waals surface area (Å²) >= 11 is 0. The van der Waals surface area contributed by atoms with Crippen LogP contribution in [-0.2, 0) is 9.84 Å². The van der Waals surface area contributed by atoms with Gasteiger partial charge in [-0.15, -0.1) is 0 Å². The Bertz CT molecular complexity index is 685. The van der Waals surface area contributed by atoms with Gasteiger partial charge in [0.25, 0.3) is 9.84 Å². The monoisotopic (exact) mass is 362 g/mol. The first kappa shape index (κ1) is 17.5. The van der Waals surface area contributed by atoms with Crippen LogP contribution in [0.25, 0.3) is 0 Å². The van der Waals surface area contributed by atoms with E-state index in [4.69, 9.17) is 0 Å². The minimum absolute atomic E-state index is 0.0322. The summed E-state index contributed by atoms with van der Waals surface area (Å²) in [6.07, 6.45) is 5.60. The zero-order valence-corrected chi connectivity index (χ0v) is 14.0. The van der Waals surface area contributed by atoms with E-state index >= 15 is 0 Å². The molecule has 24 heavy (non-hydrogen) atoms. The van der Waals surface area contributed by atoms with Crippen LogP contribution >= 0.6 is 0 Å². The van der Waals surface area contributed by atoms with Crippen molar-refractivity contribution in [3.05, 3.63) is 24.3 Å². The molecular formula is C16H21F3N2O2S. The van der Waals surface area contributed by atoms with Crippen molar-refractivity contribution in [1.29, 1.82) is 0 Å². The first-order chi connectivity index (χ1) is 11.3. The summed E-state index contributed by atoms with van der Waals surface area (Å²) in [6.45, 7) is 1.64. The van der Waals surface area contributed by atoms with Gasteiger partial charge in [-0.1, -0.05) is 25.0 Å². The molecule has 1 heterocycles. The maximum absolute atomic E-state index is 12.9. The van der Waals surface area contributed by atoms with Crippen LogP contribution in [0.15, 0.2) is 29.2 Å². The van der Waals surface area contributed by atoms with E-state index in [0.717, 1.165) is 25.6 Å². The van der Waals surface area contributed by atoms with Crippen LogP contribution in [0.3, 0.4) is 0 Å². The lowest BCUT2D eigenvalue weighted by Gasteiger charge is -2.24. The SMILES string of the molecule is O=S(=O)(c1ccccc1NC1CCN(C2CCCC2)C1)C(F)(F)F. The summed E-state index contributed by atoms with van der Waals surface area (Å²) in [6, 6.07) is 5.79. The number of para-hydroxylation sites is 1. The van der Waals surface area contributed by atoms with Crippen LogP contribution in [0.4, 0.5) is 18.9 Å². The molecule has 0 radical (unpaired) electrons. The van der Waals surface area contributed by atoms with Crippen molar-refractivity contribution < 1.29 is 21.6 Å². The molecular weight excluding hydrogens is 341 g/mol. The molecule has 0 spiro atoms. The van der Waals surface area contributed by atoms with Crippen molar-refractivity contribution in [3.63, 3.8) is 0 Å². The predicted octanol–water partition coefficient (Wildman–Crippen LogP) is 3.41. The van der Waals surface area contributed by atoms with Crippen molar-refractivity contribution >= 4 is 15.5 Å². The molecule has 8 heteroatoms. The van der Waals surface area contributed by atoms with E-state index in [9.17, 15) is 21.6 Å². The molecule has 1 aromatic carbocycles. The van der Waals surface area contributed by atoms with Gasteiger partial charge in [0.05, 0.1) is 10.6 Å². The highest BCUT2D eigenvalue weighted by Gasteiger charge is 2.48. The maximum Gasteiger partial charge on any atom is 0.501 e. The van der Waals surface area contributed by atoms with Crippen LogP contribution in [-0.4, -0.2) is 44.0 Å². The molecule has 1 aromatic rings. The highest BCUT2D eigenvalue weighted by molar-refractivity contribution is 7.92. The second-order valence-corrected chi connectivity index (χ2v) is 8.42. The molecule has 1 saturated carbocycles. The minimum Gasteiger partial charge on any atom is -0.380 e. The number of hydrogen-bond donors (Lipinski definition) is 1. The van der Waals surface area contributed by atoms with E-state index in [2.05, 4.69) is 10.2 Å². The fraction of sp³-hybridized carbons (Fsp3) is 0.625. The highest BCUT2D eigenvalue weighted by atomic mass is 32.2. The summed E-state index contributed by atoms with van der Waals surface area (Å²) in [5, 5.41) is 3.02. The van der Waals surface area contributed by atoms with Gasteiger partial charge in [-0.2, -0.15) is 13.2 Å². The number of nitrogens with zero attached hydrogens (tertiary/aromatic N) is 1. The number of nitrogens with one attached hydrogen (secondary N) is 1. The van der Waals surface area contributed by atoms with E-state index < -0.39 is 20.2 Å². The van der Waals surface area contributed by atoms with Gasteiger partial charge in [-0.25, -0.2) is 8.42 Å². The van der Waals surface area contributed by atoms with E-state index in [1.54, 1.807) is 6.07 Å². The number of halogens is 3. The van der Waals surface area contributed by atoms with Crippen LogP contribution in [0.2, 0.25) is 0 Å². The van der Waals surface area contributed by atoms with Gasteiger partial charge in [0.15, 0.2) is 0 Å². The van der Waals surface area contributed by atoms with Gasteiger partial charge in [0.1, 0.15) is 0 Å². The average Bonchev–Trinajstić information content (AvgIpc) is 3.17. The molecule has 2 aliphatic rings. The predicted molar refractivity (Wildman–Crippen MR) is 85.5 cm³/mol. The molecule has 2 fully saturated rings. The van der Waals surface area contributed by atoms with Crippen molar-refractivity contribution in [2.24, 2.45) is 0 Å². The first-order valence-corrected chi connectivity index (χ1v) is 9.68. The van der Waals surface area contributed by atoms with Gasteiger partial charge in [0.2, 0.25) is 0 Å². The number of benzene rings is 1. The quantitative estimate of drug-likeness (QED) is 0.892. The molecule has 4 nitrogen and oxygen atoms in total. The Balaban J connectivity index is 1.75. The molecule has 0 aromatic heterocycles. The number of sulfone groups is 1. The van der Waals surface area contributed by atoms with Gasteiger partial charge in [-0.05, 0) is 31.4 Å². The molecule has 0 amide bonds. The van der Waals surface area contributed by atoms with Crippen molar-refractivity contribution in [2.75, 3.05) is 18.4 Å². The highest BCUT2D eigenvalue weighted by Crippen LogP contribution is 2.35. The summed E-state index contributed by atoms with van der Waals surface area (Å²) in [5.74, 6) is 0. The van der Waals surface area contributed by atoms with Crippen molar-refractivity contribution in [1.82, 2.24) is 4.90 Å². The zero-order chi connectivity index (χ0) is 17.4. The van der Waals surface area contributed by atoms with E-state index in [0.29, 0.717) is 6.04 Å². The second-order valence-electron chi connectivity index (χ2n) is 6.51. The number of alkyl halides is 3. The van der Waals surface area contributed by atoms with Crippen molar-refractivity contribution in [3.8, 4) is 0 Å². The Morgan fingerprint density at radius 1 is 1.08 bits per heavy atom. The van der Waals surface area contributed by atoms with Gasteiger partial charge >= 0.3 is 5.51 Å². The summed E-state index contributed by atoms with van der Waals surface area (Å²) in [4.78, 5) is 1.67. The Hall–Kier alpha value is -1.28. The topological polar surface area (TPSA) is 49.4 Å². The number of anilines is 1. The number of hydrogen-bond acceptors (Lipinski definition) is 4. The normalized spacial score (nSPS) is 23.7. The smallest absolute Gasteiger partial charge is 0.380 e. The largest absolute Gasteiger partial charge is 0.501 e. The molecule has 0 bridgehead atoms. The summed E-state index contributed by atoms with van der Waals surface area (Å²) in [7, 11) is -5.35. The molecule has 134 valence electrons. The molecule has 1 saturated heterocycles. The third-order valence-corrected chi connectivity index (χ3v) is 6.45. The fourth-order valence-corrected chi connectivity index (χ4v) is 4.59. The fourth-order valence-electron chi connectivity index (χ4n) is 3.67. The Morgan fingerprint density at radius 2 is 1.75 bits per heavy atom. The molecule has 1 aliphatic carbocycles. The van der Waals surface area contributed by atoms with E-state index in [1.807, 2.05) is 0 Å². The van der Waals surface area contributed by atoms with Gasteiger partial charge in [0, 0.05) is 25.2 Å². The van der Waals surface area contributed by atoms with Crippen molar-refractivity contribution in [2.45, 2.75) is 54.6 Å². The van der Waals surface area contributed by atoms with Crippen LogP contribution < -0.4 is 5.32 Å². The molecule has 1 aliphatic heterocycles. The van der Waals surface area contributed by atoms with Crippen LogP contribution in [0, 0.1) is 0 Å². The molecule has 1 unspecified atom stereocenters. The maximum atomic E-state index is 12.9. The lowest BCUT2D eigenvalue weighted by atomic mass is 10.2. The Labute approximate surface area is 140 Å². The Kier molecular flexibility index (Phi) is 4.79. The lowest BCUT2D eigenvalue weighted by Crippen LogP contribution is -2.33. The van der Waals surface area contributed by atoms with Gasteiger partial charge in [-0.3, -0.25) is 4.90 Å². The number of likely N-dealkylation sites (tertiary alicyclic amines) is 1. The molecule has 3 rings (SSSR count). The van der Waals surface area contributed by atoms with Gasteiger partial charge < -0.3 is 5.32 Å². The first-order valence-electron chi connectivity index (χ1n) is 8.20. The third-order valence-electron chi connectivity index (χ3n) is 4.90. The average molecular weight is 362 g/mol. The van der Waals surface area contributed by atoms with Crippen LogP contribution in [0.1, 0.15) is 32.1 Å². The van der Waals surface area contributed by atoms with E-state index in [1.165, 1.54) is 37.8 Å². The Morgan fingerprint density at radius 3 is 2.42 bits per heavy atom. The van der Waals surface area contributed by atoms with Crippen LogP contribution in [0.5, 0.6) is 0 Å². The number of rotatable bonds is 4. The minimum atomic E-state index is -5.35. The lowest BCUT2D eigenvalue weighted by molar-refractivity contribution is -0.0435. The molecule has 1 N–H and O–H groups in total.